The van der Waals surface area contributed by atoms with Crippen molar-refractivity contribution in [2.24, 2.45) is 4.74 Å². The van der Waals surface area contributed by atoms with Crippen LogP contribution in [0.15, 0.2) is 35.2 Å². The molecule has 0 bridgehead atoms. The van der Waals surface area contributed by atoms with Gasteiger partial charge in [-0.1, -0.05) is 16.9 Å². The van der Waals surface area contributed by atoms with E-state index in [1.54, 1.807) is 31.2 Å². The Morgan fingerprint density at radius 3 is 2.69 bits per heavy atom. The summed E-state index contributed by atoms with van der Waals surface area (Å²) < 4.78 is 20.5. The number of aryl methyl sites for hydroxylation is 1. The van der Waals surface area contributed by atoms with Crippen molar-refractivity contribution in [2.75, 3.05) is 0 Å². The van der Waals surface area contributed by atoms with Gasteiger partial charge in [0.05, 0.1) is 12.3 Å². The number of carbonyl (C=O) groups excluding carboxylic acids is 1. The van der Waals surface area contributed by atoms with E-state index in [0.29, 0.717) is 16.8 Å². The van der Waals surface area contributed by atoms with Crippen LogP contribution in [0.3, 0.4) is 0 Å². The van der Waals surface area contributed by atoms with Gasteiger partial charge >= 0.3 is 14.1 Å². The summed E-state index contributed by atoms with van der Waals surface area (Å²) in [5, 5.41) is 19.6. The van der Waals surface area contributed by atoms with E-state index in [9.17, 15) is 19.9 Å². The minimum absolute atomic E-state index is 0.00481. The number of benzene rings is 1. The van der Waals surface area contributed by atoms with Crippen LogP contribution in [-0.2, 0) is 22.7 Å². The first-order valence-electron chi connectivity index (χ1n) is 10.4. The molecule has 0 aliphatic heterocycles. The van der Waals surface area contributed by atoms with Crippen LogP contribution in [0.5, 0.6) is 17.2 Å². The zero-order valence-electron chi connectivity index (χ0n) is 18.1. The SMILES string of the molecule is Cc1ncc(COc2ccccc2O[P+]([O-])=N[C@@H](C)C(=O)OC2CCCC2)c(CO)c1O. The molecule has 1 saturated carbocycles. The summed E-state index contributed by atoms with van der Waals surface area (Å²) in [5.74, 6) is -0.130. The summed E-state index contributed by atoms with van der Waals surface area (Å²) in [5.41, 5.74) is 1.23. The largest absolute Gasteiger partial charge is 0.575 e. The Hall–Kier alpha value is -2.74. The van der Waals surface area contributed by atoms with Crippen molar-refractivity contribution in [3.05, 3.63) is 47.3 Å². The number of esters is 1. The standard InChI is InChI=1S/C22H27N2O7P/c1-14-21(26)18(12-25)16(11-23-14)13-29-19-9-5-6-10-20(19)31-32(28)24-15(2)22(27)30-17-7-3-4-8-17/h5-6,9-11,15,17,25-26H,3-4,7-8,12-13H2,1-2H3/t15-/m0/s1. The van der Waals surface area contributed by atoms with Crippen LogP contribution >= 0.6 is 8.17 Å². The number of hydrogen-bond donors (Lipinski definition) is 2. The quantitative estimate of drug-likeness (QED) is 0.428. The Morgan fingerprint density at radius 2 is 2.00 bits per heavy atom. The highest BCUT2D eigenvalue weighted by Gasteiger charge is 2.25. The molecule has 2 N–H and O–H groups in total. The topological polar surface area (TPSA) is 134 Å². The molecule has 1 aliphatic carbocycles. The van der Waals surface area contributed by atoms with E-state index in [2.05, 4.69) is 9.73 Å². The Balaban J connectivity index is 1.65. The van der Waals surface area contributed by atoms with Gasteiger partial charge in [0.25, 0.3) is 0 Å². The maximum absolute atomic E-state index is 12.4. The number of ether oxygens (including phenoxy) is 2. The van der Waals surface area contributed by atoms with Crippen LogP contribution in [0.25, 0.3) is 0 Å². The third kappa shape index (κ3) is 6.16. The second kappa shape index (κ2) is 11.2. The first kappa shape index (κ1) is 23.9. The summed E-state index contributed by atoms with van der Waals surface area (Å²) in [6.45, 7) is 2.77. The fraction of sp³-hybridized carbons (Fsp3) is 0.455. The smallest absolute Gasteiger partial charge is 0.395 e. The second-order valence-electron chi connectivity index (χ2n) is 7.55. The van der Waals surface area contributed by atoms with Crippen molar-refractivity contribution >= 4 is 14.1 Å². The lowest BCUT2D eigenvalue weighted by molar-refractivity contribution is -0.170. The Labute approximate surface area is 187 Å². The van der Waals surface area contributed by atoms with E-state index < -0.39 is 20.2 Å². The van der Waals surface area contributed by atoms with Gasteiger partial charge < -0.3 is 24.6 Å². The number of aromatic hydroxyl groups is 1. The molecule has 9 nitrogen and oxygen atoms in total. The monoisotopic (exact) mass is 462 g/mol. The maximum atomic E-state index is 12.4. The van der Waals surface area contributed by atoms with Crippen molar-refractivity contribution < 1.29 is 33.9 Å². The predicted octanol–water partition coefficient (Wildman–Crippen LogP) is 3.28. The molecule has 1 aromatic carbocycles. The molecule has 0 saturated heterocycles. The van der Waals surface area contributed by atoms with Gasteiger partial charge in [-0.2, -0.15) is 0 Å². The normalized spacial score (nSPS) is 15.4. The molecule has 1 aromatic heterocycles. The number of nitrogens with zero attached hydrogens (tertiary/aromatic N) is 2. The molecule has 1 aliphatic rings. The van der Waals surface area contributed by atoms with E-state index in [0.717, 1.165) is 25.7 Å². The average molecular weight is 462 g/mol. The fourth-order valence-corrected chi connectivity index (χ4v) is 4.09. The van der Waals surface area contributed by atoms with Gasteiger partial charge in [-0.05, 0) is 51.7 Å². The molecule has 0 amide bonds. The second-order valence-corrected chi connectivity index (χ2v) is 8.44. The highest BCUT2D eigenvalue weighted by Crippen LogP contribution is 2.34. The number of aliphatic hydroxyl groups is 1. The molecule has 1 fully saturated rings. The van der Waals surface area contributed by atoms with Crippen molar-refractivity contribution in [3.63, 3.8) is 0 Å². The lowest BCUT2D eigenvalue weighted by atomic mass is 10.1. The summed E-state index contributed by atoms with van der Waals surface area (Å²) in [4.78, 5) is 28.6. The summed E-state index contributed by atoms with van der Waals surface area (Å²) in [6, 6.07) is 5.67. The summed E-state index contributed by atoms with van der Waals surface area (Å²) >= 11 is 0. The third-order valence-electron chi connectivity index (χ3n) is 5.19. The molecule has 2 aromatic rings. The maximum Gasteiger partial charge on any atom is 0.395 e. The van der Waals surface area contributed by atoms with E-state index in [-0.39, 0.29) is 36.6 Å². The van der Waals surface area contributed by atoms with Gasteiger partial charge in [-0.25, -0.2) is 4.79 Å². The van der Waals surface area contributed by atoms with Gasteiger partial charge in [0.1, 0.15) is 18.5 Å². The third-order valence-corrected chi connectivity index (χ3v) is 6.08. The number of carbonyl (C=O) groups is 1. The summed E-state index contributed by atoms with van der Waals surface area (Å²) in [6.07, 6.45) is 5.19. The number of aliphatic hydroxyl groups excluding tert-OH is 1. The molecular formula is C22H27N2O7P. The highest BCUT2D eigenvalue weighted by molar-refractivity contribution is 7.34. The first-order valence-corrected chi connectivity index (χ1v) is 11.6. The fourth-order valence-electron chi connectivity index (χ4n) is 3.35. The van der Waals surface area contributed by atoms with Crippen LogP contribution in [0.2, 0.25) is 0 Å². The van der Waals surface area contributed by atoms with Crippen LogP contribution in [0, 0.1) is 6.92 Å². The minimum atomic E-state index is -2.54. The highest BCUT2D eigenvalue weighted by atomic mass is 31.1. The minimum Gasteiger partial charge on any atom is -0.575 e. The molecule has 0 spiro atoms. The molecule has 10 heteroatoms. The van der Waals surface area contributed by atoms with E-state index in [1.165, 1.54) is 13.1 Å². The van der Waals surface area contributed by atoms with E-state index >= 15 is 0 Å². The molecule has 3 rings (SSSR count). The molecule has 32 heavy (non-hydrogen) atoms. The molecule has 172 valence electrons. The van der Waals surface area contributed by atoms with Crippen LogP contribution < -0.4 is 14.2 Å². The van der Waals surface area contributed by atoms with E-state index in [4.69, 9.17) is 14.0 Å². The van der Waals surface area contributed by atoms with Crippen LogP contribution in [0.1, 0.15) is 49.4 Å². The van der Waals surface area contributed by atoms with Gasteiger partial charge in [0, 0.05) is 17.3 Å². The molecular weight excluding hydrogens is 435 g/mol. The lowest BCUT2D eigenvalue weighted by Gasteiger charge is -2.13. The van der Waals surface area contributed by atoms with Crippen molar-refractivity contribution in [2.45, 2.75) is 64.9 Å². The van der Waals surface area contributed by atoms with Gasteiger partial charge in [0.15, 0.2) is 11.8 Å². The molecule has 0 radical (unpaired) electrons. The zero-order valence-corrected chi connectivity index (χ0v) is 19.0. The van der Waals surface area contributed by atoms with Gasteiger partial charge in [0.2, 0.25) is 5.75 Å². The van der Waals surface area contributed by atoms with Crippen LogP contribution in [0.4, 0.5) is 0 Å². The first-order chi connectivity index (χ1) is 15.4. The number of rotatable bonds is 9. The van der Waals surface area contributed by atoms with Gasteiger partial charge in [-0.3, -0.25) is 9.51 Å². The molecule has 2 atom stereocenters. The van der Waals surface area contributed by atoms with E-state index in [1.807, 2.05) is 0 Å². The van der Waals surface area contributed by atoms with Crippen molar-refractivity contribution in [1.29, 1.82) is 0 Å². The zero-order chi connectivity index (χ0) is 23.1. The Kier molecular flexibility index (Phi) is 8.39. The molecule has 1 unspecified atom stereocenters. The number of pyridine rings is 1. The number of hydrogen-bond acceptors (Lipinski definition) is 9. The Morgan fingerprint density at radius 1 is 1.31 bits per heavy atom. The Bertz CT molecular complexity index is 977. The average Bonchev–Trinajstić information content (AvgIpc) is 3.28. The summed E-state index contributed by atoms with van der Waals surface area (Å²) in [7, 11) is -2.54. The number of para-hydroxylation sites is 2. The van der Waals surface area contributed by atoms with Gasteiger partial charge in [-0.15, -0.1) is 0 Å². The predicted molar refractivity (Wildman–Crippen MR) is 115 cm³/mol. The van der Waals surface area contributed by atoms with Crippen molar-refractivity contribution in [3.8, 4) is 17.2 Å². The molecule has 1 heterocycles. The number of aromatic nitrogens is 1. The van der Waals surface area contributed by atoms with Crippen molar-refractivity contribution in [1.82, 2.24) is 4.98 Å². The lowest BCUT2D eigenvalue weighted by Crippen LogP contribution is -2.23. The van der Waals surface area contributed by atoms with Crippen LogP contribution in [-0.4, -0.2) is 33.3 Å².